The van der Waals surface area contributed by atoms with Crippen molar-refractivity contribution in [3.05, 3.63) is 53.2 Å². The molecule has 1 atom stereocenters. The zero-order valence-electron chi connectivity index (χ0n) is 18.8. The van der Waals surface area contributed by atoms with Crippen LogP contribution in [0.5, 0.6) is 0 Å². The summed E-state index contributed by atoms with van der Waals surface area (Å²) in [6.07, 6.45) is 1.04. The Morgan fingerprint density at radius 1 is 1.09 bits per heavy atom. The van der Waals surface area contributed by atoms with E-state index in [0.29, 0.717) is 29.6 Å². The molecule has 1 fully saturated rings. The van der Waals surface area contributed by atoms with Gasteiger partial charge in [-0.15, -0.1) is 0 Å². The van der Waals surface area contributed by atoms with E-state index in [2.05, 4.69) is 10.3 Å². The first kappa shape index (κ1) is 25.1. The number of sulfonamides is 1. The number of amides is 1. The van der Waals surface area contributed by atoms with E-state index in [0.717, 1.165) is 5.56 Å². The summed E-state index contributed by atoms with van der Waals surface area (Å²) in [6.45, 7) is 6.00. The van der Waals surface area contributed by atoms with Crippen LogP contribution in [0.2, 0.25) is 5.02 Å². The van der Waals surface area contributed by atoms with Crippen LogP contribution in [-0.2, 0) is 24.3 Å². The van der Waals surface area contributed by atoms with Gasteiger partial charge in [-0.3, -0.25) is 9.59 Å². The highest BCUT2D eigenvalue weighted by atomic mass is 35.5. The molecule has 8 nitrogen and oxygen atoms in total. The SMILES string of the molecule is CC(OC(=O)C1CCN(S(=O)(=O)c2ccc(C(C)C)cc2)CC1)C(=O)Nc1ccc(Cl)cn1. The molecular weight excluding hydrogens is 466 g/mol. The van der Waals surface area contributed by atoms with E-state index < -0.39 is 33.9 Å². The third-order valence-electron chi connectivity index (χ3n) is 5.61. The van der Waals surface area contributed by atoms with Gasteiger partial charge in [0.2, 0.25) is 10.0 Å². The number of benzene rings is 1. The van der Waals surface area contributed by atoms with Gasteiger partial charge >= 0.3 is 5.97 Å². The minimum atomic E-state index is -3.63. The number of hydrogen-bond acceptors (Lipinski definition) is 6. The van der Waals surface area contributed by atoms with Crippen LogP contribution in [0.1, 0.15) is 45.1 Å². The predicted molar refractivity (Wildman–Crippen MR) is 125 cm³/mol. The molecule has 10 heteroatoms. The number of esters is 1. The molecule has 0 spiro atoms. The highest BCUT2D eigenvalue weighted by Crippen LogP contribution is 2.26. The number of carbonyl (C=O) groups excluding carboxylic acids is 2. The summed E-state index contributed by atoms with van der Waals surface area (Å²) < 4.78 is 32.6. The average molecular weight is 494 g/mol. The molecule has 2 aromatic rings. The summed E-state index contributed by atoms with van der Waals surface area (Å²) in [5, 5.41) is 3.00. The van der Waals surface area contributed by atoms with Gasteiger partial charge < -0.3 is 10.1 Å². The minimum Gasteiger partial charge on any atom is -0.452 e. The van der Waals surface area contributed by atoms with Crippen molar-refractivity contribution in [3.63, 3.8) is 0 Å². The largest absolute Gasteiger partial charge is 0.452 e. The lowest BCUT2D eigenvalue weighted by Gasteiger charge is -2.30. The first-order valence-corrected chi connectivity index (χ1v) is 12.6. The van der Waals surface area contributed by atoms with Crippen molar-refractivity contribution >= 4 is 39.3 Å². The maximum atomic E-state index is 12.9. The van der Waals surface area contributed by atoms with Gasteiger partial charge in [-0.25, -0.2) is 13.4 Å². The third-order valence-corrected chi connectivity index (χ3v) is 7.75. The fourth-order valence-electron chi connectivity index (χ4n) is 3.51. The average Bonchev–Trinajstić information content (AvgIpc) is 2.80. The highest BCUT2D eigenvalue weighted by Gasteiger charge is 2.34. The van der Waals surface area contributed by atoms with Crippen molar-refractivity contribution in [1.29, 1.82) is 0 Å². The monoisotopic (exact) mass is 493 g/mol. The molecule has 2 heterocycles. The van der Waals surface area contributed by atoms with Crippen molar-refractivity contribution in [2.75, 3.05) is 18.4 Å². The lowest BCUT2D eigenvalue weighted by atomic mass is 9.98. The maximum Gasteiger partial charge on any atom is 0.309 e. The van der Waals surface area contributed by atoms with Crippen molar-refractivity contribution in [3.8, 4) is 0 Å². The van der Waals surface area contributed by atoms with Crippen LogP contribution in [0, 0.1) is 5.92 Å². The van der Waals surface area contributed by atoms with Gasteiger partial charge in [0, 0.05) is 19.3 Å². The van der Waals surface area contributed by atoms with Gasteiger partial charge in [0.25, 0.3) is 5.91 Å². The topological polar surface area (TPSA) is 106 Å². The fraction of sp³-hybridized carbons (Fsp3) is 0.435. The van der Waals surface area contributed by atoms with Gasteiger partial charge in [0.1, 0.15) is 5.82 Å². The molecule has 0 aliphatic carbocycles. The second kappa shape index (κ2) is 10.6. The van der Waals surface area contributed by atoms with Crippen LogP contribution in [-0.4, -0.2) is 48.8 Å². The van der Waals surface area contributed by atoms with Gasteiger partial charge in [-0.05, 0) is 55.5 Å². The Morgan fingerprint density at radius 2 is 1.73 bits per heavy atom. The lowest BCUT2D eigenvalue weighted by molar-refractivity contribution is -0.158. The summed E-state index contributed by atoms with van der Waals surface area (Å²) in [5.41, 5.74) is 1.07. The van der Waals surface area contributed by atoms with Crippen molar-refractivity contribution in [2.24, 2.45) is 5.92 Å². The molecule has 1 saturated heterocycles. The number of hydrogen-bond donors (Lipinski definition) is 1. The summed E-state index contributed by atoms with van der Waals surface area (Å²) in [6, 6.07) is 10.0. The Kier molecular flexibility index (Phi) is 8.10. The Labute approximate surface area is 199 Å². The van der Waals surface area contributed by atoms with E-state index in [1.54, 1.807) is 24.3 Å². The summed E-state index contributed by atoms with van der Waals surface area (Å²) >= 11 is 5.77. The van der Waals surface area contributed by atoms with Crippen molar-refractivity contribution in [2.45, 2.75) is 50.5 Å². The number of halogens is 1. The molecule has 33 heavy (non-hydrogen) atoms. The number of nitrogens with one attached hydrogen (secondary N) is 1. The van der Waals surface area contributed by atoms with Gasteiger partial charge in [-0.2, -0.15) is 4.31 Å². The fourth-order valence-corrected chi connectivity index (χ4v) is 5.09. The molecule has 1 unspecified atom stereocenters. The number of piperidine rings is 1. The minimum absolute atomic E-state index is 0.212. The second-order valence-electron chi connectivity index (χ2n) is 8.33. The lowest BCUT2D eigenvalue weighted by Crippen LogP contribution is -2.41. The molecule has 1 aromatic heterocycles. The molecule has 1 aromatic carbocycles. The predicted octanol–water partition coefficient (Wildman–Crippen LogP) is 3.83. The zero-order chi connectivity index (χ0) is 24.2. The first-order chi connectivity index (χ1) is 15.6. The quantitative estimate of drug-likeness (QED) is 0.587. The highest BCUT2D eigenvalue weighted by molar-refractivity contribution is 7.89. The molecular formula is C23H28ClN3O5S. The van der Waals surface area contributed by atoms with Gasteiger partial charge in [0.15, 0.2) is 6.10 Å². The van der Waals surface area contributed by atoms with E-state index in [-0.39, 0.29) is 18.0 Å². The van der Waals surface area contributed by atoms with Gasteiger partial charge in [-0.1, -0.05) is 37.6 Å². The number of nitrogens with zero attached hydrogens (tertiary/aromatic N) is 2. The van der Waals surface area contributed by atoms with Crippen LogP contribution in [0.3, 0.4) is 0 Å². The van der Waals surface area contributed by atoms with E-state index in [1.165, 1.54) is 17.4 Å². The summed E-state index contributed by atoms with van der Waals surface area (Å²) in [4.78, 5) is 29.0. The number of aromatic nitrogens is 1. The number of ether oxygens (including phenoxy) is 1. The van der Waals surface area contributed by atoms with Crippen LogP contribution in [0.25, 0.3) is 0 Å². The normalized spacial score (nSPS) is 16.4. The van der Waals surface area contributed by atoms with Crippen LogP contribution < -0.4 is 5.32 Å². The Hall–Kier alpha value is -2.49. The second-order valence-corrected chi connectivity index (χ2v) is 10.7. The van der Waals surface area contributed by atoms with Crippen molar-refractivity contribution < 1.29 is 22.7 Å². The molecule has 0 bridgehead atoms. The van der Waals surface area contributed by atoms with Crippen LogP contribution in [0.4, 0.5) is 5.82 Å². The molecule has 0 radical (unpaired) electrons. The number of anilines is 1. The molecule has 1 amide bonds. The third kappa shape index (κ3) is 6.31. The Bertz CT molecular complexity index is 1080. The molecule has 1 aliphatic rings. The van der Waals surface area contributed by atoms with E-state index in [1.807, 2.05) is 26.0 Å². The smallest absolute Gasteiger partial charge is 0.309 e. The van der Waals surface area contributed by atoms with Crippen molar-refractivity contribution in [1.82, 2.24) is 9.29 Å². The van der Waals surface area contributed by atoms with Crippen LogP contribution >= 0.6 is 11.6 Å². The standard InChI is InChI=1S/C23H28ClN3O5S/c1-15(2)17-4-7-20(8-5-17)33(30,31)27-12-10-18(11-13-27)23(29)32-16(3)22(28)26-21-9-6-19(24)14-25-21/h4-9,14-16,18H,10-13H2,1-3H3,(H,25,26,28). The van der Waals surface area contributed by atoms with Gasteiger partial charge in [0.05, 0.1) is 15.8 Å². The zero-order valence-corrected chi connectivity index (χ0v) is 20.4. The Balaban J connectivity index is 1.52. The van der Waals surface area contributed by atoms with E-state index >= 15 is 0 Å². The summed E-state index contributed by atoms with van der Waals surface area (Å²) in [7, 11) is -3.63. The molecule has 3 rings (SSSR count). The van der Waals surface area contributed by atoms with E-state index in [9.17, 15) is 18.0 Å². The number of pyridine rings is 1. The maximum absolute atomic E-state index is 12.9. The first-order valence-electron chi connectivity index (χ1n) is 10.8. The number of rotatable bonds is 7. The molecule has 1 N–H and O–H groups in total. The van der Waals surface area contributed by atoms with Crippen LogP contribution in [0.15, 0.2) is 47.5 Å². The molecule has 1 aliphatic heterocycles. The molecule has 178 valence electrons. The summed E-state index contributed by atoms with van der Waals surface area (Å²) in [5.74, 6) is -0.880. The Morgan fingerprint density at radius 3 is 2.27 bits per heavy atom. The van der Waals surface area contributed by atoms with E-state index in [4.69, 9.17) is 16.3 Å². The molecule has 0 saturated carbocycles. The number of carbonyl (C=O) groups is 2.